The van der Waals surface area contributed by atoms with Crippen molar-refractivity contribution < 1.29 is 0 Å². The first-order valence-electron chi connectivity index (χ1n) is 8.22. The molecule has 2 aromatic rings. The second-order valence-corrected chi connectivity index (χ2v) is 7.07. The fraction of sp³-hybridized carbons (Fsp3) is 0.368. The minimum absolute atomic E-state index is 0.644. The molecule has 3 heteroatoms. The number of hydrogen-bond acceptors (Lipinski definition) is 2. The van der Waals surface area contributed by atoms with E-state index in [-0.39, 0.29) is 0 Å². The Hall–Kier alpha value is -1.51. The topological polar surface area (TPSA) is 15.3 Å². The number of benzene rings is 2. The molecule has 0 radical (unpaired) electrons. The van der Waals surface area contributed by atoms with E-state index in [1.54, 1.807) is 5.56 Å². The van der Waals surface area contributed by atoms with E-state index in [9.17, 15) is 0 Å². The molecule has 112 valence electrons. The van der Waals surface area contributed by atoms with Crippen LogP contribution >= 0.6 is 11.6 Å². The fourth-order valence-electron chi connectivity index (χ4n) is 4.61. The van der Waals surface area contributed by atoms with Gasteiger partial charge in [-0.25, -0.2) is 0 Å². The lowest BCUT2D eigenvalue weighted by molar-refractivity contribution is 0.405. The summed E-state index contributed by atoms with van der Waals surface area (Å²) in [7, 11) is 0. The molecule has 3 aliphatic rings. The largest absolute Gasteiger partial charge is 0.367 e. The summed E-state index contributed by atoms with van der Waals surface area (Å²) in [5.41, 5.74) is 7.04. The highest BCUT2D eigenvalue weighted by Crippen LogP contribution is 2.50. The second-order valence-electron chi connectivity index (χ2n) is 6.66. The highest BCUT2D eigenvalue weighted by atomic mass is 35.5. The summed E-state index contributed by atoms with van der Waals surface area (Å²) in [6.07, 6.45) is 2.44. The molecule has 2 atom stereocenters. The summed E-state index contributed by atoms with van der Waals surface area (Å²) in [6.45, 7) is 3.45. The predicted molar refractivity (Wildman–Crippen MR) is 92.0 cm³/mol. The van der Waals surface area contributed by atoms with E-state index in [0.29, 0.717) is 12.0 Å². The number of nitrogens with one attached hydrogen (secondary N) is 1. The summed E-state index contributed by atoms with van der Waals surface area (Å²) < 4.78 is 0. The van der Waals surface area contributed by atoms with Crippen LogP contribution in [0.15, 0.2) is 36.4 Å². The normalized spacial score (nSPS) is 25.2. The molecule has 1 fully saturated rings. The molecule has 5 rings (SSSR count). The van der Waals surface area contributed by atoms with E-state index in [4.69, 9.17) is 11.6 Å². The van der Waals surface area contributed by atoms with Gasteiger partial charge in [0.2, 0.25) is 0 Å². The Morgan fingerprint density at radius 2 is 2.09 bits per heavy atom. The van der Waals surface area contributed by atoms with Crippen molar-refractivity contribution in [2.24, 2.45) is 0 Å². The number of fused-ring (bicyclic) bond motifs is 3. The van der Waals surface area contributed by atoms with Crippen molar-refractivity contribution in [3.05, 3.63) is 52.5 Å². The smallest absolute Gasteiger partial charge is 0.0484 e. The zero-order valence-electron chi connectivity index (χ0n) is 12.5. The van der Waals surface area contributed by atoms with Gasteiger partial charge in [0.25, 0.3) is 0 Å². The average molecular weight is 311 g/mol. The zero-order chi connectivity index (χ0) is 14.7. The Kier molecular flexibility index (Phi) is 2.80. The summed E-state index contributed by atoms with van der Waals surface area (Å²) in [5, 5.41) is 4.43. The van der Waals surface area contributed by atoms with E-state index < -0.39 is 0 Å². The maximum Gasteiger partial charge on any atom is 0.0484 e. The van der Waals surface area contributed by atoms with Crippen LogP contribution in [0.2, 0.25) is 5.02 Å². The van der Waals surface area contributed by atoms with Gasteiger partial charge in [0, 0.05) is 41.3 Å². The monoisotopic (exact) mass is 310 g/mol. The van der Waals surface area contributed by atoms with Crippen molar-refractivity contribution in [3.8, 4) is 11.1 Å². The van der Waals surface area contributed by atoms with Crippen LogP contribution in [-0.2, 0) is 6.42 Å². The highest BCUT2D eigenvalue weighted by molar-refractivity contribution is 6.33. The molecular formula is C19H19ClN2. The Bertz CT molecular complexity index is 755. The lowest BCUT2D eigenvalue weighted by Crippen LogP contribution is -2.43. The Morgan fingerprint density at radius 1 is 1.18 bits per heavy atom. The lowest BCUT2D eigenvalue weighted by Gasteiger charge is -2.32. The average Bonchev–Trinajstić information content (AvgIpc) is 3.11. The summed E-state index contributed by atoms with van der Waals surface area (Å²) in [6, 6.07) is 13.7. The Balaban J connectivity index is 1.69. The van der Waals surface area contributed by atoms with Crippen LogP contribution in [0.5, 0.6) is 0 Å². The summed E-state index contributed by atoms with van der Waals surface area (Å²) >= 11 is 6.43. The van der Waals surface area contributed by atoms with Gasteiger partial charge in [-0.1, -0.05) is 29.8 Å². The number of piperidine rings is 1. The van der Waals surface area contributed by atoms with Crippen molar-refractivity contribution in [1.29, 1.82) is 0 Å². The van der Waals surface area contributed by atoms with Crippen LogP contribution in [-0.4, -0.2) is 25.7 Å². The van der Waals surface area contributed by atoms with Crippen LogP contribution < -0.4 is 10.2 Å². The Morgan fingerprint density at radius 3 is 3.00 bits per heavy atom. The Labute approximate surface area is 136 Å². The SMILES string of the molecule is Clc1ccccc1-c1cc2c3c(c1)[C@@H]1CNCC[C@@H]1N3CC2. The molecular weight excluding hydrogens is 292 g/mol. The van der Waals surface area contributed by atoms with Gasteiger partial charge in [0.15, 0.2) is 0 Å². The van der Waals surface area contributed by atoms with E-state index in [2.05, 4.69) is 34.5 Å². The van der Waals surface area contributed by atoms with Crippen LogP contribution in [0.4, 0.5) is 5.69 Å². The van der Waals surface area contributed by atoms with Crippen molar-refractivity contribution in [3.63, 3.8) is 0 Å². The third-order valence-electron chi connectivity index (χ3n) is 5.56. The molecule has 0 saturated carbocycles. The number of hydrogen-bond donors (Lipinski definition) is 1. The minimum Gasteiger partial charge on any atom is -0.367 e. The van der Waals surface area contributed by atoms with Crippen molar-refractivity contribution in [2.45, 2.75) is 24.8 Å². The second kappa shape index (κ2) is 4.74. The standard InChI is InChI=1S/C19H19ClN2/c20-17-4-2-1-3-14(17)13-9-12-6-8-22-18-5-7-21-11-16(18)15(10-13)19(12)22/h1-4,9-10,16,18,21H,5-8,11H2/t16-,18-/m0/s1. The van der Waals surface area contributed by atoms with Crippen LogP contribution in [0.25, 0.3) is 11.1 Å². The van der Waals surface area contributed by atoms with E-state index >= 15 is 0 Å². The number of nitrogens with zero attached hydrogens (tertiary/aromatic N) is 1. The van der Waals surface area contributed by atoms with E-state index in [1.807, 2.05) is 12.1 Å². The summed E-state index contributed by atoms with van der Waals surface area (Å²) in [5.74, 6) is 0.644. The van der Waals surface area contributed by atoms with Gasteiger partial charge in [-0.15, -0.1) is 0 Å². The molecule has 0 aromatic heterocycles. The molecule has 3 aliphatic heterocycles. The number of halogens is 1. The van der Waals surface area contributed by atoms with Crippen LogP contribution in [0.3, 0.4) is 0 Å². The van der Waals surface area contributed by atoms with Gasteiger partial charge in [-0.05, 0) is 54.3 Å². The molecule has 0 unspecified atom stereocenters. The predicted octanol–water partition coefficient (Wildman–Crippen LogP) is 3.83. The number of rotatable bonds is 1. The van der Waals surface area contributed by atoms with Crippen molar-refractivity contribution >= 4 is 17.3 Å². The molecule has 1 saturated heterocycles. The summed E-state index contributed by atoms with van der Waals surface area (Å²) in [4.78, 5) is 2.67. The first-order chi connectivity index (χ1) is 10.8. The molecule has 0 amide bonds. The molecule has 0 aliphatic carbocycles. The van der Waals surface area contributed by atoms with E-state index in [1.165, 1.54) is 36.2 Å². The molecule has 0 spiro atoms. The van der Waals surface area contributed by atoms with Gasteiger partial charge in [-0.2, -0.15) is 0 Å². The van der Waals surface area contributed by atoms with Gasteiger partial charge < -0.3 is 10.2 Å². The van der Waals surface area contributed by atoms with Gasteiger partial charge in [-0.3, -0.25) is 0 Å². The van der Waals surface area contributed by atoms with Crippen LogP contribution in [0.1, 0.15) is 23.5 Å². The zero-order valence-corrected chi connectivity index (χ0v) is 13.2. The highest BCUT2D eigenvalue weighted by Gasteiger charge is 2.43. The fourth-order valence-corrected chi connectivity index (χ4v) is 4.86. The first-order valence-corrected chi connectivity index (χ1v) is 8.60. The lowest BCUT2D eigenvalue weighted by atomic mass is 9.87. The minimum atomic E-state index is 0.644. The first kappa shape index (κ1) is 13.0. The third-order valence-corrected chi connectivity index (χ3v) is 5.89. The molecule has 22 heavy (non-hydrogen) atoms. The maximum absolute atomic E-state index is 6.43. The molecule has 2 nitrogen and oxygen atoms in total. The molecule has 1 N–H and O–H groups in total. The molecule has 0 bridgehead atoms. The van der Waals surface area contributed by atoms with Crippen LogP contribution in [0, 0.1) is 0 Å². The molecule has 3 heterocycles. The van der Waals surface area contributed by atoms with Gasteiger partial charge in [0.05, 0.1) is 0 Å². The number of anilines is 1. The van der Waals surface area contributed by atoms with Gasteiger partial charge in [0.1, 0.15) is 0 Å². The maximum atomic E-state index is 6.43. The third kappa shape index (κ3) is 1.71. The quantitative estimate of drug-likeness (QED) is 0.861. The van der Waals surface area contributed by atoms with Crippen molar-refractivity contribution in [2.75, 3.05) is 24.5 Å². The molecule has 2 aromatic carbocycles. The van der Waals surface area contributed by atoms with E-state index in [0.717, 1.165) is 23.7 Å². The van der Waals surface area contributed by atoms with Gasteiger partial charge >= 0.3 is 0 Å². The van der Waals surface area contributed by atoms with Crippen molar-refractivity contribution in [1.82, 2.24) is 5.32 Å².